The standard InChI is InChI=1S/C19H20ClNO2/c20-17-7-5-14(6-8-17)11-18(22)21-13-19(23)10-9-15-3-1-2-4-16(15)12-19/h1-8,23H,9-13H2,(H,21,22). The van der Waals surface area contributed by atoms with Crippen LogP contribution in [0.15, 0.2) is 48.5 Å². The van der Waals surface area contributed by atoms with Gasteiger partial charge in [0.1, 0.15) is 0 Å². The zero-order chi connectivity index (χ0) is 16.3. The van der Waals surface area contributed by atoms with Gasteiger partial charge in [-0.15, -0.1) is 0 Å². The summed E-state index contributed by atoms with van der Waals surface area (Å²) >= 11 is 5.84. The van der Waals surface area contributed by atoms with Gasteiger partial charge >= 0.3 is 0 Å². The van der Waals surface area contributed by atoms with Gasteiger partial charge in [0.15, 0.2) is 0 Å². The van der Waals surface area contributed by atoms with Gasteiger partial charge in [-0.2, -0.15) is 0 Å². The van der Waals surface area contributed by atoms with Gasteiger partial charge in [0.05, 0.1) is 12.0 Å². The maximum atomic E-state index is 12.1. The summed E-state index contributed by atoms with van der Waals surface area (Å²) in [5.74, 6) is -0.0837. The van der Waals surface area contributed by atoms with Crippen LogP contribution in [0.3, 0.4) is 0 Å². The second-order valence-corrected chi connectivity index (χ2v) is 6.69. The average molecular weight is 330 g/mol. The normalized spacial score (nSPS) is 19.9. The van der Waals surface area contributed by atoms with Crippen molar-refractivity contribution in [3.63, 3.8) is 0 Å². The number of nitrogens with one attached hydrogen (secondary N) is 1. The molecule has 0 saturated heterocycles. The Bertz CT molecular complexity index is 699. The lowest BCUT2D eigenvalue weighted by atomic mass is 9.80. The minimum absolute atomic E-state index is 0.0837. The fourth-order valence-corrected chi connectivity index (χ4v) is 3.17. The Hall–Kier alpha value is -1.84. The summed E-state index contributed by atoms with van der Waals surface area (Å²) in [6, 6.07) is 15.4. The number of aliphatic hydroxyl groups is 1. The highest BCUT2D eigenvalue weighted by Gasteiger charge is 2.32. The number of aryl methyl sites for hydroxylation is 1. The van der Waals surface area contributed by atoms with Crippen LogP contribution in [0.2, 0.25) is 5.02 Å². The van der Waals surface area contributed by atoms with Crippen molar-refractivity contribution in [3.05, 3.63) is 70.2 Å². The summed E-state index contributed by atoms with van der Waals surface area (Å²) in [7, 11) is 0. The SMILES string of the molecule is O=C(Cc1ccc(Cl)cc1)NCC1(O)CCc2ccccc2C1. The highest BCUT2D eigenvalue weighted by molar-refractivity contribution is 6.30. The van der Waals surface area contributed by atoms with Crippen molar-refractivity contribution in [3.8, 4) is 0 Å². The van der Waals surface area contributed by atoms with E-state index in [1.54, 1.807) is 12.1 Å². The van der Waals surface area contributed by atoms with E-state index >= 15 is 0 Å². The fraction of sp³-hybridized carbons (Fsp3) is 0.316. The molecule has 2 aromatic rings. The molecule has 3 rings (SSSR count). The monoisotopic (exact) mass is 329 g/mol. The zero-order valence-corrected chi connectivity index (χ0v) is 13.6. The molecule has 2 N–H and O–H groups in total. The maximum absolute atomic E-state index is 12.1. The number of fused-ring (bicyclic) bond motifs is 1. The Morgan fingerprint density at radius 3 is 2.57 bits per heavy atom. The number of rotatable bonds is 4. The van der Waals surface area contributed by atoms with Gasteiger partial charge in [0.25, 0.3) is 0 Å². The second-order valence-electron chi connectivity index (χ2n) is 6.25. The van der Waals surface area contributed by atoms with Crippen LogP contribution >= 0.6 is 11.6 Å². The molecule has 0 heterocycles. The van der Waals surface area contributed by atoms with Gasteiger partial charge in [0.2, 0.25) is 5.91 Å². The van der Waals surface area contributed by atoms with Crippen LogP contribution in [-0.2, 0) is 24.1 Å². The molecule has 1 aliphatic rings. The van der Waals surface area contributed by atoms with Crippen molar-refractivity contribution in [2.24, 2.45) is 0 Å². The topological polar surface area (TPSA) is 49.3 Å². The molecule has 0 bridgehead atoms. The van der Waals surface area contributed by atoms with E-state index in [9.17, 15) is 9.90 Å². The Morgan fingerprint density at radius 1 is 1.13 bits per heavy atom. The second kappa shape index (κ2) is 6.73. The molecule has 1 atom stereocenters. The van der Waals surface area contributed by atoms with Crippen LogP contribution in [0, 0.1) is 0 Å². The summed E-state index contributed by atoms with van der Waals surface area (Å²) in [6.45, 7) is 0.285. The minimum Gasteiger partial charge on any atom is -0.388 e. The molecule has 1 unspecified atom stereocenters. The summed E-state index contributed by atoms with van der Waals surface area (Å²) in [5.41, 5.74) is 2.52. The zero-order valence-electron chi connectivity index (χ0n) is 12.9. The summed E-state index contributed by atoms with van der Waals surface area (Å²) in [6.07, 6.45) is 2.40. The van der Waals surface area contributed by atoms with Gasteiger partial charge in [-0.05, 0) is 41.7 Å². The van der Waals surface area contributed by atoms with E-state index in [-0.39, 0.29) is 12.5 Å². The maximum Gasteiger partial charge on any atom is 0.224 e. The third-order valence-corrected chi connectivity index (χ3v) is 4.64. The van der Waals surface area contributed by atoms with Crippen LogP contribution in [0.5, 0.6) is 0 Å². The molecule has 0 saturated carbocycles. The van der Waals surface area contributed by atoms with Gasteiger partial charge < -0.3 is 10.4 Å². The highest BCUT2D eigenvalue weighted by Crippen LogP contribution is 2.28. The van der Waals surface area contributed by atoms with Crippen molar-refractivity contribution in [2.45, 2.75) is 31.3 Å². The van der Waals surface area contributed by atoms with Crippen LogP contribution in [0.1, 0.15) is 23.1 Å². The van der Waals surface area contributed by atoms with Crippen molar-refractivity contribution in [1.29, 1.82) is 0 Å². The number of carbonyl (C=O) groups excluding carboxylic acids is 1. The lowest BCUT2D eigenvalue weighted by molar-refractivity contribution is -0.121. The van der Waals surface area contributed by atoms with Gasteiger partial charge in [-0.25, -0.2) is 0 Å². The Balaban J connectivity index is 1.55. The molecule has 0 radical (unpaired) electrons. The van der Waals surface area contributed by atoms with Crippen molar-refractivity contribution < 1.29 is 9.90 Å². The fourth-order valence-electron chi connectivity index (χ4n) is 3.05. The first-order valence-electron chi connectivity index (χ1n) is 7.84. The van der Waals surface area contributed by atoms with Crippen LogP contribution in [-0.4, -0.2) is 23.2 Å². The Morgan fingerprint density at radius 2 is 1.83 bits per heavy atom. The number of hydrogen-bond donors (Lipinski definition) is 2. The van der Waals surface area contributed by atoms with E-state index in [1.807, 2.05) is 24.3 Å². The lowest BCUT2D eigenvalue weighted by Gasteiger charge is -2.33. The molecule has 1 aliphatic carbocycles. The van der Waals surface area contributed by atoms with E-state index in [4.69, 9.17) is 11.6 Å². The largest absolute Gasteiger partial charge is 0.388 e. The predicted octanol–water partition coefficient (Wildman–Crippen LogP) is 2.92. The predicted molar refractivity (Wildman–Crippen MR) is 91.6 cm³/mol. The van der Waals surface area contributed by atoms with Crippen LogP contribution in [0.4, 0.5) is 0 Å². The van der Waals surface area contributed by atoms with Gasteiger partial charge in [0, 0.05) is 18.0 Å². The summed E-state index contributed by atoms with van der Waals surface area (Å²) < 4.78 is 0. The number of halogens is 1. The van der Waals surface area contributed by atoms with Crippen molar-refractivity contribution in [2.75, 3.05) is 6.54 Å². The molecule has 0 aromatic heterocycles. The van der Waals surface area contributed by atoms with Crippen molar-refractivity contribution in [1.82, 2.24) is 5.32 Å². The lowest BCUT2D eigenvalue weighted by Crippen LogP contribution is -2.47. The molecular formula is C19H20ClNO2. The highest BCUT2D eigenvalue weighted by atomic mass is 35.5. The van der Waals surface area contributed by atoms with E-state index in [0.717, 1.165) is 12.0 Å². The van der Waals surface area contributed by atoms with Crippen LogP contribution in [0.25, 0.3) is 0 Å². The third-order valence-electron chi connectivity index (χ3n) is 4.39. The molecule has 3 nitrogen and oxygen atoms in total. The molecule has 23 heavy (non-hydrogen) atoms. The number of amides is 1. The minimum atomic E-state index is -0.857. The molecular weight excluding hydrogens is 310 g/mol. The molecule has 120 valence electrons. The van der Waals surface area contributed by atoms with E-state index in [1.165, 1.54) is 11.1 Å². The van der Waals surface area contributed by atoms with Gasteiger partial charge in [-0.1, -0.05) is 48.0 Å². The molecule has 0 aliphatic heterocycles. The molecule has 2 aromatic carbocycles. The first-order chi connectivity index (χ1) is 11.0. The Kier molecular flexibility index (Phi) is 4.69. The number of benzene rings is 2. The average Bonchev–Trinajstić information content (AvgIpc) is 2.55. The summed E-state index contributed by atoms with van der Waals surface area (Å²) in [5, 5.41) is 14.3. The molecule has 1 amide bonds. The number of carbonyl (C=O) groups is 1. The smallest absolute Gasteiger partial charge is 0.224 e. The van der Waals surface area contributed by atoms with Crippen molar-refractivity contribution >= 4 is 17.5 Å². The number of hydrogen-bond acceptors (Lipinski definition) is 2. The van der Waals surface area contributed by atoms with Crippen LogP contribution < -0.4 is 5.32 Å². The molecule has 4 heteroatoms. The van der Waals surface area contributed by atoms with E-state index < -0.39 is 5.60 Å². The first-order valence-corrected chi connectivity index (χ1v) is 8.22. The molecule has 0 spiro atoms. The van der Waals surface area contributed by atoms with E-state index in [2.05, 4.69) is 17.4 Å². The van der Waals surface area contributed by atoms with Gasteiger partial charge in [-0.3, -0.25) is 4.79 Å². The summed E-state index contributed by atoms with van der Waals surface area (Å²) in [4.78, 5) is 12.1. The molecule has 0 fully saturated rings. The Labute approximate surface area is 141 Å². The first kappa shape index (κ1) is 16.0. The third kappa shape index (κ3) is 4.12. The van der Waals surface area contributed by atoms with E-state index in [0.29, 0.717) is 24.3 Å². The quantitative estimate of drug-likeness (QED) is 0.906.